The third-order valence-electron chi connectivity index (χ3n) is 2.82. The summed E-state index contributed by atoms with van der Waals surface area (Å²) in [6, 6.07) is 1.59. The second-order valence-electron chi connectivity index (χ2n) is 5.00. The van der Waals surface area contributed by atoms with Crippen LogP contribution in [0.4, 0.5) is 5.82 Å². The number of carbonyl (C=O) groups excluding carboxylic acids is 2. The summed E-state index contributed by atoms with van der Waals surface area (Å²) in [5.41, 5.74) is -1.19. The fourth-order valence-electron chi connectivity index (χ4n) is 1.44. The number of amides is 2. The molecule has 2 N–H and O–H groups in total. The van der Waals surface area contributed by atoms with Crippen molar-refractivity contribution >= 4 is 17.6 Å². The van der Waals surface area contributed by atoms with Crippen LogP contribution in [0, 0.1) is 12.3 Å². The van der Waals surface area contributed by atoms with Crippen LogP contribution in [-0.4, -0.2) is 37.2 Å². The van der Waals surface area contributed by atoms with Crippen molar-refractivity contribution in [1.29, 1.82) is 0 Å². The summed E-state index contributed by atoms with van der Waals surface area (Å²) in [6.45, 7) is 5.86. The molecular formula is C13H21N3O4. The highest BCUT2D eigenvalue weighted by atomic mass is 16.5. The predicted octanol–water partition coefficient (Wildman–Crippen LogP) is 1.10. The van der Waals surface area contributed by atoms with Crippen molar-refractivity contribution in [3.05, 3.63) is 11.8 Å². The van der Waals surface area contributed by atoms with Crippen LogP contribution in [0.25, 0.3) is 0 Å². The summed E-state index contributed by atoms with van der Waals surface area (Å²) in [5, 5.41) is 8.92. The van der Waals surface area contributed by atoms with E-state index in [-0.39, 0.29) is 5.91 Å². The van der Waals surface area contributed by atoms with Crippen LogP contribution < -0.4 is 10.6 Å². The molecule has 0 aliphatic rings. The van der Waals surface area contributed by atoms with E-state index in [1.54, 1.807) is 33.9 Å². The quantitative estimate of drug-likeness (QED) is 0.577. The Morgan fingerprint density at radius 1 is 1.40 bits per heavy atom. The van der Waals surface area contributed by atoms with E-state index in [4.69, 9.17) is 9.26 Å². The SMILES string of the molecule is COCCCNC(=O)C(C)(C)C(=O)Nc1cc(C)on1. The maximum atomic E-state index is 12.1. The second-order valence-corrected chi connectivity index (χ2v) is 5.00. The topological polar surface area (TPSA) is 93.5 Å². The number of anilines is 1. The summed E-state index contributed by atoms with van der Waals surface area (Å²) in [7, 11) is 1.60. The third kappa shape index (κ3) is 4.34. The van der Waals surface area contributed by atoms with E-state index in [1.165, 1.54) is 0 Å². The number of aryl methyl sites for hydroxylation is 1. The van der Waals surface area contributed by atoms with Crippen LogP contribution in [0.5, 0.6) is 0 Å². The summed E-state index contributed by atoms with van der Waals surface area (Å²) < 4.78 is 9.74. The number of hydrogen-bond donors (Lipinski definition) is 2. The van der Waals surface area contributed by atoms with E-state index in [9.17, 15) is 9.59 Å². The standard InChI is InChI=1S/C13H21N3O4/c1-9-8-10(16-20-9)15-12(18)13(2,3)11(17)14-6-5-7-19-4/h8H,5-7H2,1-4H3,(H,14,17)(H,15,16,18). The molecule has 1 aromatic heterocycles. The minimum Gasteiger partial charge on any atom is -0.385 e. The molecule has 0 unspecified atom stereocenters. The molecule has 0 aliphatic heterocycles. The molecule has 0 fully saturated rings. The van der Waals surface area contributed by atoms with Gasteiger partial charge in [0, 0.05) is 26.3 Å². The van der Waals surface area contributed by atoms with Gasteiger partial charge in [0.05, 0.1) is 0 Å². The normalized spacial score (nSPS) is 11.2. The van der Waals surface area contributed by atoms with E-state index in [1.807, 2.05) is 0 Å². The van der Waals surface area contributed by atoms with Crippen LogP contribution in [0.15, 0.2) is 10.6 Å². The highest BCUT2D eigenvalue weighted by molar-refractivity contribution is 6.09. The number of carbonyl (C=O) groups is 2. The zero-order valence-electron chi connectivity index (χ0n) is 12.3. The maximum absolute atomic E-state index is 12.1. The van der Waals surface area contributed by atoms with Crippen LogP contribution in [0.3, 0.4) is 0 Å². The Morgan fingerprint density at radius 2 is 2.10 bits per heavy atom. The number of hydrogen-bond acceptors (Lipinski definition) is 5. The fourth-order valence-corrected chi connectivity index (χ4v) is 1.44. The molecule has 0 aliphatic carbocycles. The van der Waals surface area contributed by atoms with Gasteiger partial charge in [-0.3, -0.25) is 9.59 Å². The van der Waals surface area contributed by atoms with Gasteiger partial charge < -0.3 is 19.9 Å². The molecule has 0 bridgehead atoms. The van der Waals surface area contributed by atoms with Crippen LogP contribution in [0.2, 0.25) is 0 Å². The van der Waals surface area contributed by atoms with Gasteiger partial charge in [0.2, 0.25) is 11.8 Å². The molecule has 1 rings (SSSR count). The van der Waals surface area contributed by atoms with Crippen molar-refractivity contribution in [1.82, 2.24) is 10.5 Å². The number of aromatic nitrogens is 1. The molecule has 7 heteroatoms. The Kier molecular flexibility index (Phi) is 5.69. The lowest BCUT2D eigenvalue weighted by molar-refractivity contribution is -0.138. The Labute approximate surface area is 118 Å². The molecule has 20 heavy (non-hydrogen) atoms. The Balaban J connectivity index is 2.53. The third-order valence-corrected chi connectivity index (χ3v) is 2.82. The summed E-state index contributed by atoms with van der Waals surface area (Å²) in [4.78, 5) is 24.1. The molecule has 0 spiro atoms. The molecule has 0 radical (unpaired) electrons. The first-order valence-electron chi connectivity index (χ1n) is 6.40. The average molecular weight is 283 g/mol. The molecule has 0 atom stereocenters. The Bertz CT molecular complexity index is 468. The van der Waals surface area contributed by atoms with Gasteiger partial charge in [-0.2, -0.15) is 0 Å². The van der Waals surface area contributed by atoms with Gasteiger partial charge in [-0.1, -0.05) is 5.16 Å². The zero-order valence-corrected chi connectivity index (χ0v) is 12.3. The van der Waals surface area contributed by atoms with Gasteiger partial charge in [0.1, 0.15) is 11.2 Å². The molecular weight excluding hydrogens is 262 g/mol. The van der Waals surface area contributed by atoms with Crippen molar-refractivity contribution < 1.29 is 18.8 Å². The zero-order chi connectivity index (χ0) is 15.2. The van der Waals surface area contributed by atoms with Gasteiger partial charge >= 0.3 is 0 Å². The molecule has 0 aromatic carbocycles. The lowest BCUT2D eigenvalue weighted by Gasteiger charge is -2.21. The van der Waals surface area contributed by atoms with Crippen molar-refractivity contribution in [2.24, 2.45) is 5.41 Å². The number of nitrogens with one attached hydrogen (secondary N) is 2. The Morgan fingerprint density at radius 3 is 2.65 bits per heavy atom. The van der Waals surface area contributed by atoms with Gasteiger partial charge in [-0.15, -0.1) is 0 Å². The minimum absolute atomic E-state index is 0.299. The van der Waals surface area contributed by atoms with Gasteiger partial charge in [0.15, 0.2) is 5.82 Å². The van der Waals surface area contributed by atoms with Crippen molar-refractivity contribution in [3.63, 3.8) is 0 Å². The first-order chi connectivity index (χ1) is 9.37. The molecule has 0 saturated heterocycles. The monoisotopic (exact) mass is 283 g/mol. The Hall–Kier alpha value is -1.89. The lowest BCUT2D eigenvalue weighted by atomic mass is 9.91. The van der Waals surface area contributed by atoms with E-state index in [0.29, 0.717) is 31.2 Å². The highest BCUT2D eigenvalue weighted by Crippen LogP contribution is 2.19. The highest BCUT2D eigenvalue weighted by Gasteiger charge is 2.36. The largest absolute Gasteiger partial charge is 0.385 e. The van der Waals surface area contributed by atoms with Crippen molar-refractivity contribution in [2.75, 3.05) is 25.6 Å². The van der Waals surface area contributed by atoms with Crippen molar-refractivity contribution in [2.45, 2.75) is 27.2 Å². The van der Waals surface area contributed by atoms with Gasteiger partial charge in [0.25, 0.3) is 0 Å². The van der Waals surface area contributed by atoms with Crippen LogP contribution in [0.1, 0.15) is 26.0 Å². The van der Waals surface area contributed by atoms with Gasteiger partial charge in [-0.05, 0) is 27.2 Å². The van der Waals surface area contributed by atoms with Crippen LogP contribution in [-0.2, 0) is 14.3 Å². The maximum Gasteiger partial charge on any atom is 0.240 e. The number of ether oxygens (including phenoxy) is 1. The molecule has 1 heterocycles. The predicted molar refractivity (Wildman–Crippen MR) is 73.2 cm³/mol. The minimum atomic E-state index is -1.19. The molecule has 1 aromatic rings. The fraction of sp³-hybridized carbons (Fsp3) is 0.615. The first-order valence-corrected chi connectivity index (χ1v) is 6.40. The molecule has 2 amide bonds. The van der Waals surface area contributed by atoms with E-state index in [0.717, 1.165) is 0 Å². The van der Waals surface area contributed by atoms with Gasteiger partial charge in [-0.25, -0.2) is 0 Å². The molecule has 0 saturated carbocycles. The number of methoxy groups -OCH3 is 1. The van der Waals surface area contributed by atoms with E-state index >= 15 is 0 Å². The summed E-state index contributed by atoms with van der Waals surface area (Å²) in [6.07, 6.45) is 0.697. The number of rotatable bonds is 7. The number of nitrogens with zero attached hydrogens (tertiary/aromatic N) is 1. The summed E-state index contributed by atoms with van der Waals surface area (Å²) >= 11 is 0. The smallest absolute Gasteiger partial charge is 0.240 e. The van der Waals surface area contributed by atoms with Crippen molar-refractivity contribution in [3.8, 4) is 0 Å². The lowest BCUT2D eigenvalue weighted by Crippen LogP contribution is -2.45. The average Bonchev–Trinajstić information content (AvgIpc) is 2.79. The molecule has 112 valence electrons. The molecule has 7 nitrogen and oxygen atoms in total. The first kappa shape index (κ1) is 16.2. The second kappa shape index (κ2) is 7.04. The van der Waals surface area contributed by atoms with E-state index < -0.39 is 11.3 Å². The van der Waals surface area contributed by atoms with E-state index in [2.05, 4.69) is 15.8 Å². The van der Waals surface area contributed by atoms with Crippen LogP contribution >= 0.6 is 0 Å². The summed E-state index contributed by atoms with van der Waals surface area (Å²) in [5.74, 6) is 0.108.